The largest absolute Gasteiger partial charge is 0.314 e. The van der Waals surface area contributed by atoms with Crippen LogP contribution in [0.5, 0.6) is 0 Å². The van der Waals surface area contributed by atoms with Crippen molar-refractivity contribution in [1.29, 1.82) is 0 Å². The van der Waals surface area contributed by atoms with Crippen molar-refractivity contribution in [3.8, 4) is 0 Å². The van der Waals surface area contributed by atoms with Crippen molar-refractivity contribution < 1.29 is 0 Å². The van der Waals surface area contributed by atoms with Crippen LogP contribution in [0.15, 0.2) is 24.5 Å². The van der Waals surface area contributed by atoms with E-state index in [1.165, 1.54) is 24.9 Å². The third-order valence-electron chi connectivity index (χ3n) is 3.07. The maximum absolute atomic E-state index is 4.14. The van der Waals surface area contributed by atoms with Crippen LogP contribution < -0.4 is 5.32 Å². The van der Waals surface area contributed by atoms with Crippen LogP contribution in [-0.2, 0) is 6.42 Å². The fourth-order valence-electron chi connectivity index (χ4n) is 2.23. The zero-order valence-electron chi connectivity index (χ0n) is 8.74. The molecule has 0 bridgehead atoms. The summed E-state index contributed by atoms with van der Waals surface area (Å²) in [5, 5.41) is 3.56. The summed E-state index contributed by atoms with van der Waals surface area (Å²) in [5.74, 6) is 0.724. The molecular formula is C12H18N2. The Bertz CT molecular complexity index is 265. The molecule has 0 saturated carbocycles. The van der Waals surface area contributed by atoms with Crippen molar-refractivity contribution in [3.63, 3.8) is 0 Å². The third kappa shape index (κ3) is 2.32. The number of pyridine rings is 1. The summed E-state index contributed by atoms with van der Waals surface area (Å²) in [4.78, 5) is 4.14. The van der Waals surface area contributed by atoms with E-state index < -0.39 is 0 Å². The third-order valence-corrected chi connectivity index (χ3v) is 3.07. The molecule has 1 fully saturated rings. The van der Waals surface area contributed by atoms with Crippen molar-refractivity contribution in [3.05, 3.63) is 30.1 Å². The summed E-state index contributed by atoms with van der Waals surface area (Å²) >= 11 is 0. The second-order valence-corrected chi connectivity index (χ2v) is 4.25. The molecule has 1 aromatic rings. The molecule has 2 heterocycles. The van der Waals surface area contributed by atoms with Crippen LogP contribution in [0.2, 0.25) is 0 Å². The summed E-state index contributed by atoms with van der Waals surface area (Å²) in [6.07, 6.45) is 7.63. The molecule has 2 atom stereocenters. The van der Waals surface area contributed by atoms with Gasteiger partial charge in [0.25, 0.3) is 0 Å². The van der Waals surface area contributed by atoms with E-state index in [-0.39, 0.29) is 0 Å². The van der Waals surface area contributed by atoms with Crippen LogP contribution in [-0.4, -0.2) is 17.6 Å². The Hall–Kier alpha value is -0.890. The Balaban J connectivity index is 1.90. The Kier molecular flexibility index (Phi) is 3.14. The maximum Gasteiger partial charge on any atom is 0.0299 e. The van der Waals surface area contributed by atoms with Gasteiger partial charge >= 0.3 is 0 Å². The highest BCUT2D eigenvalue weighted by Crippen LogP contribution is 2.18. The van der Waals surface area contributed by atoms with Crippen LogP contribution in [0.3, 0.4) is 0 Å². The average molecular weight is 190 g/mol. The first-order valence-corrected chi connectivity index (χ1v) is 5.48. The summed E-state index contributed by atoms with van der Waals surface area (Å²) in [6.45, 7) is 3.53. The molecule has 0 radical (unpaired) electrons. The van der Waals surface area contributed by atoms with Gasteiger partial charge in [-0.3, -0.25) is 4.98 Å². The first kappa shape index (κ1) is 9.66. The lowest BCUT2D eigenvalue weighted by Crippen LogP contribution is -2.29. The van der Waals surface area contributed by atoms with Crippen LogP contribution in [0, 0.1) is 5.92 Å². The van der Waals surface area contributed by atoms with Gasteiger partial charge < -0.3 is 5.32 Å². The first-order valence-electron chi connectivity index (χ1n) is 5.48. The van der Waals surface area contributed by atoms with E-state index in [4.69, 9.17) is 0 Å². The minimum Gasteiger partial charge on any atom is -0.314 e. The van der Waals surface area contributed by atoms with Gasteiger partial charge in [0.2, 0.25) is 0 Å². The number of rotatable bonds is 3. The van der Waals surface area contributed by atoms with Crippen LogP contribution in [0.1, 0.15) is 25.3 Å². The Labute approximate surface area is 85.7 Å². The summed E-state index contributed by atoms with van der Waals surface area (Å²) in [6, 6.07) is 4.90. The number of nitrogens with zero attached hydrogens (tertiary/aromatic N) is 1. The summed E-state index contributed by atoms with van der Waals surface area (Å²) < 4.78 is 0. The molecule has 14 heavy (non-hydrogen) atoms. The topological polar surface area (TPSA) is 24.9 Å². The highest BCUT2D eigenvalue weighted by Gasteiger charge is 2.20. The quantitative estimate of drug-likeness (QED) is 0.788. The standard InChI is InChI=1S/C12H18N2/c1-10(12-5-3-7-14-12)8-11-4-2-6-13-9-11/h2,4,6,9-10,12,14H,3,5,7-8H2,1H3. The highest BCUT2D eigenvalue weighted by molar-refractivity contribution is 5.09. The van der Waals surface area contributed by atoms with E-state index in [0.29, 0.717) is 0 Å². The Morgan fingerprint density at radius 1 is 1.64 bits per heavy atom. The van der Waals surface area contributed by atoms with Gasteiger partial charge in [0, 0.05) is 18.4 Å². The van der Waals surface area contributed by atoms with Gasteiger partial charge in [-0.05, 0) is 43.4 Å². The van der Waals surface area contributed by atoms with Gasteiger partial charge in [0.15, 0.2) is 0 Å². The number of hydrogen-bond donors (Lipinski definition) is 1. The fraction of sp³-hybridized carbons (Fsp3) is 0.583. The predicted molar refractivity (Wildman–Crippen MR) is 58.1 cm³/mol. The Morgan fingerprint density at radius 3 is 3.21 bits per heavy atom. The molecule has 1 aliphatic rings. The van der Waals surface area contributed by atoms with Gasteiger partial charge in [0.1, 0.15) is 0 Å². The van der Waals surface area contributed by atoms with Crippen molar-refractivity contribution in [2.45, 2.75) is 32.2 Å². The molecule has 0 aromatic carbocycles. The van der Waals surface area contributed by atoms with Crippen LogP contribution >= 0.6 is 0 Å². The molecule has 0 spiro atoms. The first-order chi connectivity index (χ1) is 6.86. The van der Waals surface area contributed by atoms with Gasteiger partial charge in [-0.2, -0.15) is 0 Å². The van der Waals surface area contributed by atoms with Crippen molar-refractivity contribution in [1.82, 2.24) is 10.3 Å². The monoisotopic (exact) mass is 190 g/mol. The normalized spacial score (nSPS) is 23.6. The average Bonchev–Trinajstić information content (AvgIpc) is 2.72. The van der Waals surface area contributed by atoms with E-state index in [0.717, 1.165) is 18.4 Å². The highest BCUT2D eigenvalue weighted by atomic mass is 14.9. The Morgan fingerprint density at radius 2 is 2.57 bits per heavy atom. The molecule has 0 aliphatic carbocycles. The minimum absolute atomic E-state index is 0.718. The molecule has 1 saturated heterocycles. The number of nitrogens with one attached hydrogen (secondary N) is 1. The number of hydrogen-bond acceptors (Lipinski definition) is 2. The van der Waals surface area contributed by atoms with E-state index >= 15 is 0 Å². The zero-order valence-corrected chi connectivity index (χ0v) is 8.74. The SMILES string of the molecule is CC(Cc1cccnc1)C1CCCN1. The van der Waals surface area contributed by atoms with Crippen molar-refractivity contribution >= 4 is 0 Å². The lowest BCUT2D eigenvalue weighted by Gasteiger charge is -2.19. The second kappa shape index (κ2) is 4.56. The smallest absolute Gasteiger partial charge is 0.0299 e. The van der Waals surface area contributed by atoms with E-state index in [9.17, 15) is 0 Å². The second-order valence-electron chi connectivity index (χ2n) is 4.25. The molecule has 1 N–H and O–H groups in total. The molecule has 76 valence electrons. The summed E-state index contributed by atoms with van der Waals surface area (Å²) in [7, 11) is 0. The molecule has 2 unspecified atom stereocenters. The molecule has 0 amide bonds. The molecule has 2 nitrogen and oxygen atoms in total. The van der Waals surface area contributed by atoms with Gasteiger partial charge in [0.05, 0.1) is 0 Å². The molecule has 2 heteroatoms. The molecular weight excluding hydrogens is 172 g/mol. The van der Waals surface area contributed by atoms with E-state index in [2.05, 4.69) is 23.3 Å². The van der Waals surface area contributed by atoms with Gasteiger partial charge in [-0.25, -0.2) is 0 Å². The molecule has 1 aliphatic heterocycles. The van der Waals surface area contributed by atoms with Crippen LogP contribution in [0.4, 0.5) is 0 Å². The van der Waals surface area contributed by atoms with Crippen LogP contribution in [0.25, 0.3) is 0 Å². The van der Waals surface area contributed by atoms with E-state index in [1.54, 1.807) is 0 Å². The number of aromatic nitrogens is 1. The lowest BCUT2D eigenvalue weighted by molar-refractivity contribution is 0.417. The predicted octanol–water partition coefficient (Wildman–Crippen LogP) is 2.01. The fourth-order valence-corrected chi connectivity index (χ4v) is 2.23. The maximum atomic E-state index is 4.14. The molecule has 2 rings (SSSR count). The lowest BCUT2D eigenvalue weighted by atomic mass is 9.94. The zero-order chi connectivity index (χ0) is 9.80. The minimum atomic E-state index is 0.718. The van der Waals surface area contributed by atoms with Gasteiger partial charge in [-0.15, -0.1) is 0 Å². The van der Waals surface area contributed by atoms with Crippen molar-refractivity contribution in [2.75, 3.05) is 6.54 Å². The molecule has 1 aromatic heterocycles. The summed E-state index contributed by atoms with van der Waals surface area (Å²) in [5.41, 5.74) is 1.36. The van der Waals surface area contributed by atoms with Crippen molar-refractivity contribution in [2.24, 2.45) is 5.92 Å². The van der Waals surface area contributed by atoms with Gasteiger partial charge in [-0.1, -0.05) is 13.0 Å². The van der Waals surface area contributed by atoms with E-state index in [1.807, 2.05) is 18.5 Å².